The number of amides is 4. The van der Waals surface area contributed by atoms with Gasteiger partial charge in [0.05, 0.1) is 13.1 Å². The van der Waals surface area contributed by atoms with Gasteiger partial charge in [0.15, 0.2) is 0 Å². The average Bonchev–Trinajstić information content (AvgIpc) is 3.06. The van der Waals surface area contributed by atoms with Gasteiger partial charge in [0.1, 0.15) is 5.82 Å². The fourth-order valence-electron chi connectivity index (χ4n) is 3.20. The fraction of sp³-hybridized carbons (Fsp3) is 0.333. The highest BCUT2D eigenvalue weighted by Crippen LogP contribution is 2.15. The monoisotopic (exact) mass is 395 g/mol. The van der Waals surface area contributed by atoms with Crippen LogP contribution in [0, 0.1) is 0 Å². The zero-order valence-corrected chi connectivity index (χ0v) is 16.6. The van der Waals surface area contributed by atoms with Crippen LogP contribution in [0.2, 0.25) is 0 Å². The molecule has 4 amide bonds. The maximum atomic E-state index is 12.7. The maximum Gasteiger partial charge on any atom is 0.324 e. The molecule has 0 bridgehead atoms. The first-order chi connectivity index (χ1) is 14.0. The Morgan fingerprint density at radius 3 is 2.55 bits per heavy atom. The highest BCUT2D eigenvalue weighted by Gasteiger charge is 2.29. The van der Waals surface area contributed by atoms with Crippen molar-refractivity contribution < 1.29 is 14.4 Å². The number of benzene rings is 1. The van der Waals surface area contributed by atoms with E-state index >= 15 is 0 Å². The Morgan fingerprint density at radius 2 is 1.93 bits per heavy atom. The quantitative estimate of drug-likeness (QED) is 0.666. The second-order valence-electron chi connectivity index (χ2n) is 6.68. The molecule has 0 unspecified atom stereocenters. The summed E-state index contributed by atoms with van der Waals surface area (Å²) in [6.07, 6.45) is 1.76. The minimum absolute atomic E-state index is 0.0102. The Morgan fingerprint density at radius 1 is 1.17 bits per heavy atom. The molecule has 1 aromatic carbocycles. The molecule has 0 saturated carbocycles. The SMILES string of the molecule is CCN(CC)c1ccc(CNC(=O)c2ccccc2CN2C(=O)CNC2=O)cn1. The van der Waals surface area contributed by atoms with Gasteiger partial charge >= 0.3 is 6.03 Å². The van der Waals surface area contributed by atoms with Gasteiger partial charge in [0.2, 0.25) is 5.91 Å². The minimum atomic E-state index is -0.440. The Bertz CT molecular complexity index is 877. The lowest BCUT2D eigenvalue weighted by Gasteiger charge is -2.19. The van der Waals surface area contributed by atoms with Crippen LogP contribution in [0.4, 0.5) is 10.6 Å². The summed E-state index contributed by atoms with van der Waals surface area (Å²) in [6, 6.07) is 10.4. The largest absolute Gasteiger partial charge is 0.357 e. The van der Waals surface area contributed by atoms with Crippen molar-refractivity contribution in [2.24, 2.45) is 0 Å². The van der Waals surface area contributed by atoms with Crippen molar-refractivity contribution in [3.8, 4) is 0 Å². The van der Waals surface area contributed by atoms with E-state index in [9.17, 15) is 14.4 Å². The molecule has 3 rings (SSSR count). The third-order valence-electron chi connectivity index (χ3n) is 4.88. The normalized spacial score (nSPS) is 13.4. The van der Waals surface area contributed by atoms with Gasteiger partial charge in [0, 0.05) is 31.4 Å². The van der Waals surface area contributed by atoms with Crippen LogP contribution in [0.15, 0.2) is 42.6 Å². The molecule has 2 aromatic rings. The Labute approximate surface area is 169 Å². The van der Waals surface area contributed by atoms with Gasteiger partial charge in [-0.05, 0) is 37.1 Å². The highest BCUT2D eigenvalue weighted by molar-refractivity contribution is 6.02. The van der Waals surface area contributed by atoms with Gasteiger partial charge < -0.3 is 15.5 Å². The number of aromatic nitrogens is 1. The van der Waals surface area contributed by atoms with Crippen molar-refractivity contribution in [1.29, 1.82) is 0 Å². The molecule has 8 nitrogen and oxygen atoms in total. The molecule has 1 aliphatic heterocycles. The van der Waals surface area contributed by atoms with Crippen LogP contribution in [0.1, 0.15) is 35.3 Å². The van der Waals surface area contributed by atoms with E-state index in [1.807, 2.05) is 12.1 Å². The van der Waals surface area contributed by atoms with Crippen molar-refractivity contribution in [2.75, 3.05) is 24.5 Å². The number of urea groups is 1. The summed E-state index contributed by atoms with van der Waals surface area (Å²) in [5.74, 6) is 0.342. The maximum absolute atomic E-state index is 12.7. The number of anilines is 1. The number of nitrogens with one attached hydrogen (secondary N) is 2. The number of hydrogen-bond donors (Lipinski definition) is 2. The molecule has 0 aliphatic carbocycles. The van der Waals surface area contributed by atoms with E-state index in [2.05, 4.69) is 34.4 Å². The third-order valence-corrected chi connectivity index (χ3v) is 4.88. The number of carbonyl (C=O) groups excluding carboxylic acids is 3. The van der Waals surface area contributed by atoms with Gasteiger partial charge in [-0.2, -0.15) is 0 Å². The van der Waals surface area contributed by atoms with Gasteiger partial charge in [-0.15, -0.1) is 0 Å². The molecule has 152 valence electrons. The smallest absolute Gasteiger partial charge is 0.324 e. The summed E-state index contributed by atoms with van der Waals surface area (Å²) >= 11 is 0. The zero-order valence-electron chi connectivity index (χ0n) is 16.6. The number of imide groups is 1. The van der Waals surface area contributed by atoms with Crippen LogP contribution in [0.25, 0.3) is 0 Å². The Hall–Kier alpha value is -3.42. The summed E-state index contributed by atoms with van der Waals surface area (Å²) < 4.78 is 0. The van der Waals surface area contributed by atoms with Gasteiger partial charge in [0.25, 0.3) is 5.91 Å². The predicted molar refractivity (Wildman–Crippen MR) is 109 cm³/mol. The predicted octanol–water partition coefficient (Wildman–Crippen LogP) is 1.91. The van der Waals surface area contributed by atoms with E-state index in [0.717, 1.165) is 29.4 Å². The lowest BCUT2D eigenvalue weighted by molar-refractivity contribution is -0.125. The van der Waals surface area contributed by atoms with E-state index in [1.54, 1.807) is 30.5 Å². The van der Waals surface area contributed by atoms with Crippen LogP contribution in [0.5, 0.6) is 0 Å². The summed E-state index contributed by atoms with van der Waals surface area (Å²) in [6.45, 7) is 6.31. The van der Waals surface area contributed by atoms with E-state index < -0.39 is 6.03 Å². The summed E-state index contributed by atoms with van der Waals surface area (Å²) in [4.78, 5) is 44.0. The van der Waals surface area contributed by atoms with Crippen LogP contribution in [-0.2, 0) is 17.9 Å². The van der Waals surface area contributed by atoms with Crippen molar-refractivity contribution >= 4 is 23.7 Å². The second kappa shape index (κ2) is 9.18. The average molecular weight is 395 g/mol. The summed E-state index contributed by atoms with van der Waals surface area (Å²) in [7, 11) is 0. The molecule has 2 N–H and O–H groups in total. The zero-order chi connectivity index (χ0) is 20.8. The molecule has 0 radical (unpaired) electrons. The van der Waals surface area contributed by atoms with E-state index in [1.165, 1.54) is 0 Å². The first-order valence-electron chi connectivity index (χ1n) is 9.67. The molecule has 1 aliphatic rings. The number of nitrogens with zero attached hydrogens (tertiary/aromatic N) is 3. The molecular weight excluding hydrogens is 370 g/mol. The van der Waals surface area contributed by atoms with Crippen molar-refractivity contribution in [3.05, 3.63) is 59.3 Å². The van der Waals surface area contributed by atoms with Gasteiger partial charge in [-0.25, -0.2) is 9.78 Å². The lowest BCUT2D eigenvalue weighted by atomic mass is 10.1. The molecule has 0 atom stereocenters. The van der Waals surface area contributed by atoms with Crippen LogP contribution in [-0.4, -0.2) is 47.4 Å². The molecule has 2 heterocycles. The van der Waals surface area contributed by atoms with Crippen molar-refractivity contribution in [1.82, 2.24) is 20.5 Å². The minimum Gasteiger partial charge on any atom is -0.357 e. The van der Waals surface area contributed by atoms with E-state index in [-0.39, 0.29) is 24.9 Å². The molecule has 1 fully saturated rings. The molecule has 8 heteroatoms. The number of rotatable bonds is 8. The summed E-state index contributed by atoms with van der Waals surface area (Å²) in [5.41, 5.74) is 1.94. The molecule has 1 aromatic heterocycles. The number of carbonyl (C=O) groups is 3. The van der Waals surface area contributed by atoms with Crippen LogP contribution >= 0.6 is 0 Å². The number of hydrogen-bond acceptors (Lipinski definition) is 5. The third kappa shape index (κ3) is 4.71. The number of pyridine rings is 1. The van der Waals surface area contributed by atoms with E-state index in [0.29, 0.717) is 17.7 Å². The standard InChI is InChI=1S/C21H25N5O3/c1-3-25(4-2)18-10-9-15(11-22-18)12-23-20(28)17-8-6-5-7-16(17)14-26-19(27)13-24-21(26)29/h5-11H,3-4,12-14H2,1-2H3,(H,23,28)(H,24,29). The van der Waals surface area contributed by atoms with Crippen molar-refractivity contribution in [3.63, 3.8) is 0 Å². The van der Waals surface area contributed by atoms with Gasteiger partial charge in [-0.3, -0.25) is 14.5 Å². The topological polar surface area (TPSA) is 94.6 Å². The molecule has 1 saturated heterocycles. The highest BCUT2D eigenvalue weighted by atomic mass is 16.2. The molecule has 0 spiro atoms. The summed E-state index contributed by atoms with van der Waals surface area (Å²) in [5, 5.41) is 5.37. The lowest BCUT2D eigenvalue weighted by Crippen LogP contribution is -2.32. The fourth-order valence-corrected chi connectivity index (χ4v) is 3.20. The van der Waals surface area contributed by atoms with Gasteiger partial charge in [-0.1, -0.05) is 24.3 Å². The van der Waals surface area contributed by atoms with Crippen molar-refractivity contribution in [2.45, 2.75) is 26.9 Å². The van der Waals surface area contributed by atoms with Crippen LogP contribution < -0.4 is 15.5 Å². The molecule has 29 heavy (non-hydrogen) atoms. The van der Waals surface area contributed by atoms with E-state index in [4.69, 9.17) is 0 Å². The first-order valence-corrected chi connectivity index (χ1v) is 9.67. The van der Waals surface area contributed by atoms with Crippen LogP contribution in [0.3, 0.4) is 0 Å². The Balaban J connectivity index is 1.65. The first kappa shape index (κ1) is 20.3. The molecular formula is C21H25N5O3. The Kier molecular flexibility index (Phi) is 6.43. The second-order valence-corrected chi connectivity index (χ2v) is 6.68.